The first kappa shape index (κ1) is 3.03. The third-order valence-electron chi connectivity index (χ3n) is 0.336. The molecule has 0 aromatic carbocycles. The average Bonchev–Trinajstić information content (AvgIpc) is 1.76. The molecule has 1 radical (unpaired) electrons. The van der Waals surface area contributed by atoms with Crippen LogP contribution in [0.15, 0.2) is 5.10 Å². The van der Waals surface area contributed by atoms with Crippen molar-refractivity contribution in [3.8, 4) is 0 Å². The minimum absolute atomic E-state index is 0.958. The molecule has 0 saturated heterocycles. The fourth-order valence-electron chi connectivity index (χ4n) is 0.167. The molecule has 1 heterocycles. The maximum absolute atomic E-state index is 3.57. The Kier molecular flexibility index (Phi) is 0.792. The number of hydrogen-bond acceptors (Lipinski definition) is 2. The molecule has 0 aromatic heterocycles. The molecule has 27 valence electrons. The van der Waals surface area contributed by atoms with Crippen molar-refractivity contribution in [1.29, 1.82) is 0 Å². The predicted molar refractivity (Wildman–Crippen MR) is 23.1 cm³/mol. The van der Waals surface area contributed by atoms with Crippen molar-refractivity contribution in [3.05, 3.63) is 0 Å². The van der Waals surface area contributed by atoms with Crippen molar-refractivity contribution in [2.24, 2.45) is 5.10 Å². The molecule has 0 bridgehead atoms. The van der Waals surface area contributed by atoms with Crippen molar-refractivity contribution < 1.29 is 0 Å². The van der Waals surface area contributed by atoms with Crippen LogP contribution in [0.25, 0.3) is 0 Å². The molecule has 1 rings (SSSR count). The van der Waals surface area contributed by atoms with E-state index < -0.39 is 0 Å². The van der Waals surface area contributed by atoms with Gasteiger partial charge < -0.3 is 0 Å². The van der Waals surface area contributed by atoms with E-state index in [1.807, 2.05) is 0 Å². The first-order valence-electron chi connectivity index (χ1n) is 1.34. The lowest BCUT2D eigenvalue weighted by molar-refractivity contribution is 1.13. The Morgan fingerprint density at radius 1 is 1.80 bits per heavy atom. The summed E-state index contributed by atoms with van der Waals surface area (Å²) in [5.74, 6) is 0.958. The Morgan fingerprint density at radius 2 is 2.80 bits per heavy atom. The van der Waals surface area contributed by atoms with Crippen molar-refractivity contribution in [2.45, 2.75) is 0 Å². The molecule has 0 amide bonds. The van der Waals surface area contributed by atoms with Gasteiger partial charge in [-0.05, 0) is 0 Å². The second kappa shape index (κ2) is 1.31. The lowest BCUT2D eigenvalue weighted by atomic mass is 10.9. The van der Waals surface area contributed by atoms with E-state index in [1.54, 1.807) is 6.21 Å². The maximum atomic E-state index is 3.57. The zero-order valence-electron chi connectivity index (χ0n) is 2.59. The molecule has 1 aliphatic heterocycles. The smallest absolute Gasteiger partial charge is 0.0544 e. The monoisotopic (exact) mass is 87.0 g/mol. The molecule has 3 heteroatoms. The van der Waals surface area contributed by atoms with Gasteiger partial charge in [0.15, 0.2) is 0 Å². The van der Waals surface area contributed by atoms with Gasteiger partial charge in [0.25, 0.3) is 0 Å². The van der Waals surface area contributed by atoms with Crippen LogP contribution < -0.4 is 4.83 Å². The van der Waals surface area contributed by atoms with Crippen molar-refractivity contribution >= 4 is 18.2 Å². The fourth-order valence-corrected chi connectivity index (χ4v) is 0.500. The van der Waals surface area contributed by atoms with Gasteiger partial charge in [0.1, 0.15) is 0 Å². The van der Waals surface area contributed by atoms with E-state index in [4.69, 9.17) is 0 Å². The summed E-state index contributed by atoms with van der Waals surface area (Å²) in [5.41, 5.74) is 0. The zero-order valence-corrected chi connectivity index (χ0v) is 3.40. The molecule has 0 N–H and O–H groups in total. The second-order valence-corrected chi connectivity index (χ2v) is 1.43. The van der Waals surface area contributed by atoms with Crippen LogP contribution in [0.3, 0.4) is 0 Å². The van der Waals surface area contributed by atoms with Crippen LogP contribution >= 0.6 is 11.9 Å². The Bertz CT molecular complexity index is 45.6. The highest BCUT2D eigenvalue weighted by Crippen LogP contribution is 1.96. The van der Waals surface area contributed by atoms with Gasteiger partial charge in [-0.15, -0.1) is 4.83 Å². The summed E-state index contributed by atoms with van der Waals surface area (Å²) in [4.78, 5) is 3.57. The van der Waals surface area contributed by atoms with Gasteiger partial charge in [0.2, 0.25) is 0 Å². The van der Waals surface area contributed by atoms with Crippen LogP contribution in [0.4, 0.5) is 0 Å². The average molecular weight is 87.1 g/mol. The fraction of sp³-hybridized carbons (Fsp3) is 0.500. The third kappa shape index (κ3) is 0.545. The van der Waals surface area contributed by atoms with E-state index in [0.717, 1.165) is 5.75 Å². The van der Waals surface area contributed by atoms with E-state index in [1.165, 1.54) is 11.9 Å². The minimum atomic E-state index is 0.958. The van der Waals surface area contributed by atoms with Gasteiger partial charge in [0.05, 0.1) is 5.75 Å². The highest BCUT2D eigenvalue weighted by atomic mass is 32.2. The van der Waals surface area contributed by atoms with Gasteiger partial charge >= 0.3 is 0 Å². The molecule has 0 unspecified atom stereocenters. The molecule has 2 nitrogen and oxygen atoms in total. The molecule has 5 heavy (non-hydrogen) atoms. The highest BCUT2D eigenvalue weighted by Gasteiger charge is 1.87. The third-order valence-corrected chi connectivity index (χ3v) is 0.843. The topological polar surface area (TPSA) is 26.5 Å². The summed E-state index contributed by atoms with van der Waals surface area (Å²) in [6, 6.07) is 0. The summed E-state index contributed by atoms with van der Waals surface area (Å²) >= 11 is 1.48. The van der Waals surface area contributed by atoms with E-state index in [9.17, 15) is 0 Å². The summed E-state index contributed by atoms with van der Waals surface area (Å²) in [6.07, 6.45) is 1.78. The van der Waals surface area contributed by atoms with Crippen molar-refractivity contribution in [2.75, 3.05) is 5.75 Å². The lowest BCUT2D eigenvalue weighted by Gasteiger charge is -1.68. The number of hydrogen-bond donors (Lipinski definition) is 0. The van der Waals surface area contributed by atoms with Crippen LogP contribution in [-0.4, -0.2) is 12.0 Å². The van der Waals surface area contributed by atoms with E-state index in [0.29, 0.717) is 0 Å². The van der Waals surface area contributed by atoms with Gasteiger partial charge in [-0.2, -0.15) is 5.10 Å². The van der Waals surface area contributed by atoms with Gasteiger partial charge in [-0.3, -0.25) is 0 Å². The zero-order chi connectivity index (χ0) is 3.54. The van der Waals surface area contributed by atoms with Crippen LogP contribution in [0.5, 0.6) is 0 Å². The number of nitrogens with zero attached hydrogens (tertiary/aromatic N) is 2. The number of rotatable bonds is 0. The largest absolute Gasteiger partial charge is 0.155 e. The Labute approximate surface area is 34.8 Å². The summed E-state index contributed by atoms with van der Waals surface area (Å²) in [7, 11) is 0. The van der Waals surface area contributed by atoms with Gasteiger partial charge in [-0.1, -0.05) is 0 Å². The second-order valence-electron chi connectivity index (χ2n) is 0.675. The standard InChI is InChI=1S/C2H3N2S/c1-2-5-4-3-1/h1H,2H2. The van der Waals surface area contributed by atoms with E-state index in [2.05, 4.69) is 9.93 Å². The van der Waals surface area contributed by atoms with Crippen LogP contribution in [0, 0.1) is 0 Å². The summed E-state index contributed by atoms with van der Waals surface area (Å²) in [5, 5.41) is 3.55. The predicted octanol–water partition coefficient (Wildman–Crippen LogP) is 0.238. The normalized spacial score (nSPS) is 19.2. The molecule has 0 aliphatic carbocycles. The van der Waals surface area contributed by atoms with Crippen molar-refractivity contribution in [1.82, 2.24) is 4.83 Å². The van der Waals surface area contributed by atoms with Crippen LogP contribution in [0.1, 0.15) is 0 Å². The molecule has 1 aliphatic rings. The van der Waals surface area contributed by atoms with Crippen molar-refractivity contribution in [3.63, 3.8) is 0 Å². The summed E-state index contributed by atoms with van der Waals surface area (Å²) in [6.45, 7) is 0. The Morgan fingerprint density at radius 3 is 3.00 bits per heavy atom. The van der Waals surface area contributed by atoms with E-state index >= 15 is 0 Å². The first-order valence-corrected chi connectivity index (χ1v) is 2.28. The Hall–Kier alpha value is -0.180. The van der Waals surface area contributed by atoms with Gasteiger partial charge in [0, 0.05) is 18.2 Å². The molecule has 0 atom stereocenters. The molecule has 0 spiro atoms. The SMILES string of the molecule is C1=N[N]SC1. The highest BCUT2D eigenvalue weighted by molar-refractivity contribution is 7.98. The summed E-state index contributed by atoms with van der Waals surface area (Å²) < 4.78 is 0. The molecular weight excluding hydrogens is 84.1 g/mol. The quantitative estimate of drug-likeness (QED) is 0.389. The molecular formula is C2H3N2S. The van der Waals surface area contributed by atoms with Crippen LogP contribution in [0.2, 0.25) is 0 Å². The first-order chi connectivity index (χ1) is 2.50. The lowest BCUT2D eigenvalue weighted by Crippen LogP contribution is -1.66. The van der Waals surface area contributed by atoms with Crippen LogP contribution in [-0.2, 0) is 0 Å². The Balaban J connectivity index is 2.32. The minimum Gasteiger partial charge on any atom is -0.155 e. The maximum Gasteiger partial charge on any atom is 0.0544 e. The molecule has 0 saturated carbocycles. The van der Waals surface area contributed by atoms with E-state index in [-0.39, 0.29) is 0 Å². The van der Waals surface area contributed by atoms with Gasteiger partial charge in [-0.25, -0.2) is 0 Å². The molecule has 0 aromatic rings. The molecule has 0 fully saturated rings.